The van der Waals surface area contributed by atoms with Crippen LogP contribution in [0.5, 0.6) is 11.5 Å². The number of aromatic nitrogens is 2. The summed E-state index contributed by atoms with van der Waals surface area (Å²) in [5, 5.41) is 2.92. The van der Waals surface area contributed by atoms with Gasteiger partial charge in [-0.1, -0.05) is 17.8 Å². The van der Waals surface area contributed by atoms with Crippen molar-refractivity contribution >= 4 is 28.9 Å². The third-order valence-electron chi connectivity index (χ3n) is 3.72. The summed E-state index contributed by atoms with van der Waals surface area (Å²) in [5.41, 5.74) is 1.27. The lowest BCUT2D eigenvalue weighted by Gasteiger charge is -2.11. The zero-order valence-electron chi connectivity index (χ0n) is 13.5. The van der Waals surface area contributed by atoms with Crippen LogP contribution in [0.25, 0.3) is 5.52 Å². The first-order valence-electron chi connectivity index (χ1n) is 7.71. The van der Waals surface area contributed by atoms with Crippen LogP contribution in [0.1, 0.15) is 6.92 Å². The van der Waals surface area contributed by atoms with E-state index in [-0.39, 0.29) is 17.4 Å². The fourth-order valence-corrected chi connectivity index (χ4v) is 3.36. The number of benzene rings is 1. The number of imidazole rings is 1. The lowest BCUT2D eigenvalue weighted by molar-refractivity contribution is -0.286. The Morgan fingerprint density at radius 3 is 2.92 bits per heavy atom. The molecule has 26 heavy (non-hydrogen) atoms. The minimum absolute atomic E-state index is 0.0701. The molecule has 4 rings (SSSR count). The first-order valence-corrected chi connectivity index (χ1v) is 8.59. The van der Waals surface area contributed by atoms with Crippen molar-refractivity contribution in [3.05, 3.63) is 48.8 Å². The summed E-state index contributed by atoms with van der Waals surface area (Å²) in [4.78, 5) is 16.7. The van der Waals surface area contributed by atoms with Gasteiger partial charge in [0.25, 0.3) is 0 Å². The summed E-state index contributed by atoms with van der Waals surface area (Å²) < 4.78 is 36.7. The Kier molecular flexibility index (Phi) is 3.95. The number of nitrogens with zero attached hydrogens (tertiary/aromatic N) is 2. The SMILES string of the molecule is C[C@@H](Sc1ncc2ccccn12)C(=O)Nc1ccc2c(c1)OC(F)(F)O2. The van der Waals surface area contributed by atoms with Gasteiger partial charge in [-0.05, 0) is 31.2 Å². The number of anilines is 1. The van der Waals surface area contributed by atoms with Gasteiger partial charge in [0, 0.05) is 18.0 Å². The van der Waals surface area contributed by atoms with E-state index in [0.29, 0.717) is 10.8 Å². The third kappa shape index (κ3) is 3.17. The fourth-order valence-electron chi connectivity index (χ4n) is 2.49. The maximum absolute atomic E-state index is 13.1. The Balaban J connectivity index is 1.45. The fraction of sp³-hybridized carbons (Fsp3) is 0.176. The summed E-state index contributed by atoms with van der Waals surface area (Å²) in [6.07, 6.45) is -0.0892. The lowest BCUT2D eigenvalue weighted by atomic mass is 10.2. The summed E-state index contributed by atoms with van der Waals surface area (Å²) in [7, 11) is 0. The van der Waals surface area contributed by atoms with Crippen LogP contribution in [0.3, 0.4) is 0 Å². The predicted molar refractivity (Wildman–Crippen MR) is 91.8 cm³/mol. The van der Waals surface area contributed by atoms with E-state index < -0.39 is 11.5 Å². The van der Waals surface area contributed by atoms with E-state index in [1.54, 1.807) is 13.1 Å². The van der Waals surface area contributed by atoms with Gasteiger partial charge in [0.05, 0.1) is 17.0 Å². The van der Waals surface area contributed by atoms with Crippen molar-refractivity contribution in [3.8, 4) is 11.5 Å². The molecule has 6 nitrogen and oxygen atoms in total. The number of pyridine rings is 1. The summed E-state index contributed by atoms with van der Waals surface area (Å²) in [6, 6.07) is 9.81. The number of hydrogen-bond acceptors (Lipinski definition) is 5. The van der Waals surface area contributed by atoms with Crippen molar-refractivity contribution in [2.75, 3.05) is 5.32 Å². The second-order valence-corrected chi connectivity index (χ2v) is 6.92. The molecule has 1 amide bonds. The largest absolute Gasteiger partial charge is 0.586 e. The van der Waals surface area contributed by atoms with Crippen LogP contribution in [0, 0.1) is 0 Å². The molecule has 0 saturated heterocycles. The Labute approximate surface area is 151 Å². The van der Waals surface area contributed by atoms with Gasteiger partial charge in [-0.25, -0.2) is 4.98 Å². The number of ether oxygens (including phenoxy) is 2. The first-order chi connectivity index (χ1) is 12.4. The zero-order chi connectivity index (χ0) is 18.3. The van der Waals surface area contributed by atoms with Crippen molar-refractivity contribution < 1.29 is 23.0 Å². The van der Waals surface area contributed by atoms with Gasteiger partial charge in [-0.3, -0.25) is 9.20 Å². The number of alkyl halides is 2. The lowest BCUT2D eigenvalue weighted by Crippen LogP contribution is -2.26. The van der Waals surface area contributed by atoms with E-state index in [9.17, 15) is 13.6 Å². The molecule has 1 aromatic carbocycles. The quantitative estimate of drug-likeness (QED) is 0.701. The summed E-state index contributed by atoms with van der Waals surface area (Å²) in [6.45, 7) is 1.74. The summed E-state index contributed by atoms with van der Waals surface area (Å²) in [5.74, 6) is -0.472. The number of halogens is 2. The Morgan fingerprint density at radius 1 is 1.27 bits per heavy atom. The molecule has 0 radical (unpaired) electrons. The monoisotopic (exact) mass is 377 g/mol. The number of nitrogens with one attached hydrogen (secondary N) is 1. The molecule has 0 bridgehead atoms. The number of fused-ring (bicyclic) bond motifs is 2. The number of carbonyl (C=O) groups is 1. The molecule has 0 saturated carbocycles. The number of amides is 1. The highest BCUT2D eigenvalue weighted by molar-refractivity contribution is 8.00. The standard InChI is InChI=1S/C17H13F2N3O3S/c1-10(26-16-20-9-12-4-2-3-7-22(12)16)15(23)21-11-5-6-13-14(8-11)25-17(18,19)24-13/h2-10H,1H3,(H,21,23)/t10-/m1/s1. The third-order valence-corrected chi connectivity index (χ3v) is 4.81. The van der Waals surface area contributed by atoms with Gasteiger partial charge in [0.2, 0.25) is 5.91 Å². The molecule has 0 fully saturated rings. The summed E-state index contributed by atoms with van der Waals surface area (Å²) >= 11 is 1.30. The molecule has 3 aromatic rings. The van der Waals surface area contributed by atoms with Crippen LogP contribution in [0.15, 0.2) is 53.9 Å². The van der Waals surface area contributed by atoms with Crippen LogP contribution in [-0.2, 0) is 4.79 Å². The molecular weight excluding hydrogens is 364 g/mol. The average Bonchev–Trinajstić information content (AvgIpc) is 3.13. The van der Waals surface area contributed by atoms with E-state index in [2.05, 4.69) is 19.8 Å². The van der Waals surface area contributed by atoms with Crippen LogP contribution in [0.4, 0.5) is 14.5 Å². The molecule has 1 aliphatic rings. The van der Waals surface area contributed by atoms with E-state index in [1.165, 1.54) is 30.0 Å². The Morgan fingerprint density at radius 2 is 2.08 bits per heavy atom. The van der Waals surface area contributed by atoms with Crippen molar-refractivity contribution in [2.45, 2.75) is 23.6 Å². The van der Waals surface area contributed by atoms with E-state index in [4.69, 9.17) is 0 Å². The normalized spacial score (nSPS) is 15.8. The highest BCUT2D eigenvalue weighted by atomic mass is 32.2. The molecular formula is C17H13F2N3O3S. The molecule has 0 aliphatic carbocycles. The van der Waals surface area contributed by atoms with Gasteiger partial charge in [0.15, 0.2) is 16.7 Å². The molecule has 1 aliphatic heterocycles. The second kappa shape index (κ2) is 6.17. The van der Waals surface area contributed by atoms with Crippen LogP contribution < -0.4 is 14.8 Å². The van der Waals surface area contributed by atoms with Crippen molar-refractivity contribution in [3.63, 3.8) is 0 Å². The van der Waals surface area contributed by atoms with Gasteiger partial charge in [-0.15, -0.1) is 8.78 Å². The van der Waals surface area contributed by atoms with E-state index in [1.807, 2.05) is 28.8 Å². The van der Waals surface area contributed by atoms with Gasteiger partial charge < -0.3 is 14.8 Å². The second-order valence-electron chi connectivity index (χ2n) is 5.61. The minimum atomic E-state index is -3.68. The molecule has 3 heterocycles. The first kappa shape index (κ1) is 16.6. The number of rotatable bonds is 4. The van der Waals surface area contributed by atoms with Crippen molar-refractivity contribution in [2.24, 2.45) is 0 Å². The Hall–Kier alpha value is -2.81. The van der Waals surface area contributed by atoms with Crippen LogP contribution in [0.2, 0.25) is 0 Å². The number of thioether (sulfide) groups is 1. The molecule has 2 aromatic heterocycles. The number of carbonyl (C=O) groups excluding carboxylic acids is 1. The van der Waals surface area contributed by atoms with Gasteiger partial charge in [-0.2, -0.15) is 0 Å². The minimum Gasteiger partial charge on any atom is -0.395 e. The molecule has 134 valence electrons. The highest BCUT2D eigenvalue weighted by Gasteiger charge is 2.43. The topological polar surface area (TPSA) is 64.9 Å². The molecule has 1 N–H and O–H groups in total. The average molecular weight is 377 g/mol. The maximum atomic E-state index is 13.1. The zero-order valence-corrected chi connectivity index (χ0v) is 14.3. The van der Waals surface area contributed by atoms with Crippen molar-refractivity contribution in [1.82, 2.24) is 9.38 Å². The van der Waals surface area contributed by atoms with E-state index in [0.717, 1.165) is 5.52 Å². The molecule has 0 spiro atoms. The molecule has 9 heteroatoms. The van der Waals surface area contributed by atoms with Crippen LogP contribution >= 0.6 is 11.8 Å². The highest BCUT2D eigenvalue weighted by Crippen LogP contribution is 2.42. The molecule has 1 atom stereocenters. The maximum Gasteiger partial charge on any atom is 0.586 e. The van der Waals surface area contributed by atoms with Gasteiger partial charge in [0.1, 0.15) is 0 Å². The predicted octanol–water partition coefficient (Wildman–Crippen LogP) is 3.78. The number of hydrogen-bond donors (Lipinski definition) is 1. The van der Waals surface area contributed by atoms with Gasteiger partial charge >= 0.3 is 6.29 Å². The van der Waals surface area contributed by atoms with Crippen LogP contribution in [-0.4, -0.2) is 26.8 Å². The molecule has 0 unspecified atom stereocenters. The van der Waals surface area contributed by atoms with E-state index >= 15 is 0 Å². The Bertz CT molecular complexity index is 992. The smallest absolute Gasteiger partial charge is 0.395 e. The van der Waals surface area contributed by atoms with Crippen molar-refractivity contribution in [1.29, 1.82) is 0 Å².